The number of amides is 1. The number of allylic oxidation sites excluding steroid dienone is 2. The van der Waals surface area contributed by atoms with Gasteiger partial charge in [-0.3, -0.25) is 4.79 Å². The first-order chi connectivity index (χ1) is 11.1. The zero-order valence-electron chi connectivity index (χ0n) is 13.1. The predicted molar refractivity (Wildman–Crippen MR) is 88.7 cm³/mol. The van der Waals surface area contributed by atoms with Gasteiger partial charge in [0.15, 0.2) is 0 Å². The standard InChI is InChI=1S/C18H22N2O3/c21-17(13-14-3-1-2-4-14)20-11-9-19(10-12-20)16-7-5-15(6-8-16)18(22)23/h1,3,5-8,14H,2,4,9-13H2,(H,22,23). The van der Waals surface area contributed by atoms with E-state index in [1.54, 1.807) is 12.1 Å². The molecule has 1 aliphatic heterocycles. The number of carboxylic acids is 1. The van der Waals surface area contributed by atoms with Gasteiger partial charge in [-0.15, -0.1) is 0 Å². The topological polar surface area (TPSA) is 60.9 Å². The van der Waals surface area contributed by atoms with Crippen molar-refractivity contribution in [1.82, 2.24) is 4.90 Å². The quantitative estimate of drug-likeness (QED) is 0.867. The zero-order chi connectivity index (χ0) is 16.2. The monoisotopic (exact) mass is 314 g/mol. The van der Waals surface area contributed by atoms with E-state index in [2.05, 4.69) is 17.1 Å². The van der Waals surface area contributed by atoms with Gasteiger partial charge in [0.05, 0.1) is 5.56 Å². The average molecular weight is 314 g/mol. The number of piperazine rings is 1. The number of hydrogen-bond donors (Lipinski definition) is 1. The lowest BCUT2D eigenvalue weighted by Crippen LogP contribution is -2.49. The molecule has 3 rings (SSSR count). The molecule has 23 heavy (non-hydrogen) atoms. The Bertz CT molecular complexity index is 601. The number of carboxylic acid groups (broad SMARTS) is 1. The first kappa shape index (κ1) is 15.6. The van der Waals surface area contributed by atoms with Gasteiger partial charge in [-0.1, -0.05) is 12.2 Å². The number of hydrogen-bond acceptors (Lipinski definition) is 3. The van der Waals surface area contributed by atoms with Crippen LogP contribution in [0.4, 0.5) is 5.69 Å². The maximum Gasteiger partial charge on any atom is 0.335 e. The Morgan fingerprint density at radius 1 is 1.09 bits per heavy atom. The molecule has 1 fully saturated rings. The van der Waals surface area contributed by atoms with Crippen LogP contribution >= 0.6 is 0 Å². The Morgan fingerprint density at radius 3 is 2.35 bits per heavy atom. The molecule has 0 aromatic heterocycles. The highest BCUT2D eigenvalue weighted by atomic mass is 16.4. The van der Waals surface area contributed by atoms with Crippen molar-refractivity contribution in [3.63, 3.8) is 0 Å². The maximum atomic E-state index is 12.3. The largest absolute Gasteiger partial charge is 0.478 e. The van der Waals surface area contributed by atoms with Crippen molar-refractivity contribution in [3.8, 4) is 0 Å². The van der Waals surface area contributed by atoms with Crippen molar-refractivity contribution >= 4 is 17.6 Å². The average Bonchev–Trinajstić information content (AvgIpc) is 3.08. The van der Waals surface area contributed by atoms with Crippen LogP contribution in [0.25, 0.3) is 0 Å². The number of anilines is 1. The van der Waals surface area contributed by atoms with Crippen LogP contribution in [0.1, 0.15) is 29.6 Å². The summed E-state index contributed by atoms with van der Waals surface area (Å²) in [5.74, 6) is -0.237. The summed E-state index contributed by atoms with van der Waals surface area (Å²) in [7, 11) is 0. The van der Waals surface area contributed by atoms with E-state index in [0.717, 1.165) is 44.7 Å². The first-order valence-electron chi connectivity index (χ1n) is 8.16. The SMILES string of the molecule is O=C(O)c1ccc(N2CCN(C(=O)CC3C=CCC3)CC2)cc1. The molecule has 1 aromatic rings. The van der Waals surface area contributed by atoms with Gasteiger partial charge in [0.25, 0.3) is 0 Å². The van der Waals surface area contributed by atoms with Crippen molar-refractivity contribution in [2.75, 3.05) is 31.1 Å². The second-order valence-electron chi connectivity index (χ2n) is 6.19. The van der Waals surface area contributed by atoms with Gasteiger partial charge in [0.2, 0.25) is 5.91 Å². The zero-order valence-corrected chi connectivity index (χ0v) is 13.1. The van der Waals surface area contributed by atoms with Crippen LogP contribution < -0.4 is 4.90 Å². The van der Waals surface area contributed by atoms with Crippen molar-refractivity contribution in [2.45, 2.75) is 19.3 Å². The fourth-order valence-corrected chi connectivity index (χ4v) is 3.25. The minimum absolute atomic E-state index is 0.252. The van der Waals surface area contributed by atoms with E-state index < -0.39 is 5.97 Å². The summed E-state index contributed by atoms with van der Waals surface area (Å²) in [4.78, 5) is 27.4. The van der Waals surface area contributed by atoms with Gasteiger partial charge in [0.1, 0.15) is 0 Å². The summed E-state index contributed by atoms with van der Waals surface area (Å²) < 4.78 is 0. The lowest BCUT2D eigenvalue weighted by Gasteiger charge is -2.36. The van der Waals surface area contributed by atoms with Gasteiger partial charge in [0, 0.05) is 38.3 Å². The molecular formula is C18H22N2O3. The van der Waals surface area contributed by atoms with Gasteiger partial charge >= 0.3 is 5.97 Å². The molecule has 1 atom stereocenters. The van der Waals surface area contributed by atoms with Gasteiger partial charge in [-0.25, -0.2) is 4.79 Å². The molecule has 5 heteroatoms. The summed E-state index contributed by atoms with van der Waals surface area (Å²) in [5, 5.41) is 8.94. The molecule has 0 spiro atoms. The third-order valence-corrected chi connectivity index (χ3v) is 4.66. The van der Waals surface area contributed by atoms with Crippen LogP contribution in [-0.2, 0) is 4.79 Å². The Balaban J connectivity index is 1.52. The van der Waals surface area contributed by atoms with Crippen molar-refractivity contribution in [2.24, 2.45) is 5.92 Å². The predicted octanol–water partition coefficient (Wildman–Crippen LogP) is 2.39. The number of aromatic carboxylic acids is 1. The minimum Gasteiger partial charge on any atom is -0.478 e. The van der Waals surface area contributed by atoms with Crippen LogP contribution in [0.2, 0.25) is 0 Å². The molecule has 122 valence electrons. The van der Waals surface area contributed by atoms with Crippen LogP contribution in [-0.4, -0.2) is 48.1 Å². The molecule has 0 saturated carbocycles. The molecule has 5 nitrogen and oxygen atoms in total. The second kappa shape index (κ2) is 6.86. The second-order valence-corrected chi connectivity index (χ2v) is 6.19. The molecule has 1 heterocycles. The summed E-state index contributed by atoms with van der Waals surface area (Å²) >= 11 is 0. The van der Waals surface area contributed by atoms with E-state index >= 15 is 0 Å². The number of carbonyl (C=O) groups excluding carboxylic acids is 1. The number of rotatable bonds is 4. The lowest BCUT2D eigenvalue weighted by atomic mass is 10.0. The molecule has 1 saturated heterocycles. The molecule has 1 amide bonds. The molecule has 1 aromatic carbocycles. The number of benzene rings is 1. The molecule has 0 bridgehead atoms. The highest BCUT2D eigenvalue weighted by Gasteiger charge is 2.23. The highest BCUT2D eigenvalue weighted by Crippen LogP contribution is 2.22. The summed E-state index contributed by atoms with van der Waals surface area (Å²) in [6, 6.07) is 6.93. The van der Waals surface area contributed by atoms with E-state index in [1.165, 1.54) is 0 Å². The Labute approximate surface area is 136 Å². The first-order valence-corrected chi connectivity index (χ1v) is 8.16. The Kier molecular flexibility index (Phi) is 4.65. The third kappa shape index (κ3) is 3.73. The third-order valence-electron chi connectivity index (χ3n) is 4.66. The van der Waals surface area contributed by atoms with E-state index in [1.807, 2.05) is 17.0 Å². The minimum atomic E-state index is -0.909. The van der Waals surface area contributed by atoms with Gasteiger partial charge in [-0.05, 0) is 43.0 Å². The molecular weight excluding hydrogens is 292 g/mol. The highest BCUT2D eigenvalue weighted by molar-refractivity contribution is 5.88. The van der Waals surface area contributed by atoms with Crippen LogP contribution in [0.3, 0.4) is 0 Å². The van der Waals surface area contributed by atoms with Crippen LogP contribution in [0.5, 0.6) is 0 Å². The molecule has 1 N–H and O–H groups in total. The smallest absolute Gasteiger partial charge is 0.335 e. The molecule has 1 unspecified atom stereocenters. The summed E-state index contributed by atoms with van der Waals surface area (Å²) in [6.45, 7) is 3.04. The lowest BCUT2D eigenvalue weighted by molar-refractivity contribution is -0.132. The normalized spacial score (nSPS) is 20.8. The van der Waals surface area contributed by atoms with E-state index in [9.17, 15) is 9.59 Å². The van der Waals surface area contributed by atoms with Crippen molar-refractivity contribution < 1.29 is 14.7 Å². The van der Waals surface area contributed by atoms with Crippen LogP contribution in [0, 0.1) is 5.92 Å². The summed E-state index contributed by atoms with van der Waals surface area (Å²) in [6.07, 6.45) is 7.15. The number of carbonyl (C=O) groups is 2. The van der Waals surface area contributed by atoms with Crippen LogP contribution in [0.15, 0.2) is 36.4 Å². The van der Waals surface area contributed by atoms with Gasteiger partial charge in [-0.2, -0.15) is 0 Å². The van der Waals surface area contributed by atoms with E-state index in [0.29, 0.717) is 17.9 Å². The fourth-order valence-electron chi connectivity index (χ4n) is 3.25. The van der Waals surface area contributed by atoms with Gasteiger partial charge < -0.3 is 14.9 Å². The molecule has 0 radical (unpaired) electrons. The Hall–Kier alpha value is -2.30. The maximum absolute atomic E-state index is 12.3. The summed E-state index contributed by atoms with van der Waals surface area (Å²) in [5.41, 5.74) is 1.31. The van der Waals surface area contributed by atoms with Crippen molar-refractivity contribution in [3.05, 3.63) is 42.0 Å². The van der Waals surface area contributed by atoms with Crippen molar-refractivity contribution in [1.29, 1.82) is 0 Å². The molecule has 2 aliphatic rings. The van der Waals surface area contributed by atoms with E-state index in [4.69, 9.17) is 5.11 Å². The number of nitrogens with zero attached hydrogens (tertiary/aromatic N) is 2. The fraction of sp³-hybridized carbons (Fsp3) is 0.444. The Morgan fingerprint density at radius 2 is 1.78 bits per heavy atom. The molecule has 1 aliphatic carbocycles. The van der Waals surface area contributed by atoms with E-state index in [-0.39, 0.29) is 5.91 Å².